The van der Waals surface area contributed by atoms with E-state index in [1.807, 2.05) is 0 Å². The van der Waals surface area contributed by atoms with Crippen molar-refractivity contribution >= 4 is 11.6 Å². The highest BCUT2D eigenvalue weighted by Crippen LogP contribution is 2.34. The number of nitrogens with zero attached hydrogens (tertiary/aromatic N) is 2. The Morgan fingerprint density at radius 1 is 1.24 bits per heavy atom. The van der Waals surface area contributed by atoms with Gasteiger partial charge >= 0.3 is 0 Å². The van der Waals surface area contributed by atoms with Gasteiger partial charge in [0, 0.05) is 12.0 Å². The van der Waals surface area contributed by atoms with Gasteiger partial charge in [-0.2, -0.15) is 10.1 Å². The van der Waals surface area contributed by atoms with Crippen LogP contribution in [-0.4, -0.2) is 45.4 Å². The fourth-order valence-electron chi connectivity index (χ4n) is 1.83. The summed E-state index contributed by atoms with van der Waals surface area (Å²) in [6, 6.07) is 4.42. The molecular formula is C12H10F4N2O3. The summed E-state index contributed by atoms with van der Waals surface area (Å²) in [5, 5.41) is 22.0. The van der Waals surface area contributed by atoms with E-state index in [0.29, 0.717) is 0 Å². The number of hydrogen-bond donors (Lipinski definition) is 2. The van der Waals surface area contributed by atoms with Crippen molar-refractivity contribution in [3.63, 3.8) is 0 Å². The van der Waals surface area contributed by atoms with Crippen molar-refractivity contribution in [3.05, 3.63) is 29.8 Å². The van der Waals surface area contributed by atoms with Gasteiger partial charge in [0.15, 0.2) is 0 Å². The first-order chi connectivity index (χ1) is 9.75. The molecule has 0 fully saturated rings. The highest BCUT2D eigenvalue weighted by atomic mass is 19.3. The average Bonchev–Trinajstić information content (AvgIpc) is 2.78. The maximum Gasteiger partial charge on any atom is 0.287 e. The average molecular weight is 306 g/mol. The molecule has 0 aromatic heterocycles. The summed E-state index contributed by atoms with van der Waals surface area (Å²) in [6.45, 7) is 0. The summed E-state index contributed by atoms with van der Waals surface area (Å²) in [5.74, 6) is -1.35. The molecule has 1 aliphatic rings. The summed E-state index contributed by atoms with van der Waals surface area (Å²) in [6.07, 6.45) is -7.77. The van der Waals surface area contributed by atoms with Crippen LogP contribution < -0.4 is 0 Å². The molecule has 0 spiro atoms. The Morgan fingerprint density at radius 2 is 1.81 bits per heavy atom. The Labute approximate surface area is 116 Å². The molecule has 0 bridgehead atoms. The van der Waals surface area contributed by atoms with Crippen LogP contribution in [-0.2, 0) is 0 Å². The van der Waals surface area contributed by atoms with Gasteiger partial charge in [-0.05, 0) is 24.3 Å². The number of rotatable bonds is 3. The Bertz CT molecular complexity index is 576. The number of carbonyl (C=O) groups is 1. The summed E-state index contributed by atoms with van der Waals surface area (Å²) >= 11 is 0. The third-order valence-corrected chi connectivity index (χ3v) is 2.94. The van der Waals surface area contributed by atoms with Gasteiger partial charge in [0.25, 0.3) is 18.8 Å². The van der Waals surface area contributed by atoms with Gasteiger partial charge in [-0.25, -0.2) is 17.6 Å². The predicted octanol–water partition coefficient (Wildman–Crippen LogP) is 1.81. The molecule has 1 aromatic rings. The molecule has 21 heavy (non-hydrogen) atoms. The fraction of sp³-hybridized carbons (Fsp3) is 0.333. The topological polar surface area (TPSA) is 73.1 Å². The van der Waals surface area contributed by atoms with Crippen LogP contribution in [0.5, 0.6) is 5.75 Å². The van der Waals surface area contributed by atoms with Crippen LogP contribution in [0.3, 0.4) is 0 Å². The van der Waals surface area contributed by atoms with Gasteiger partial charge in [0.05, 0.1) is 0 Å². The zero-order valence-corrected chi connectivity index (χ0v) is 10.4. The molecule has 2 N–H and O–H groups in total. The van der Waals surface area contributed by atoms with Gasteiger partial charge in [-0.15, -0.1) is 0 Å². The summed E-state index contributed by atoms with van der Waals surface area (Å²) in [7, 11) is 0. The minimum absolute atomic E-state index is 0.0362. The zero-order valence-electron chi connectivity index (χ0n) is 10.4. The number of halogens is 4. The summed E-state index contributed by atoms with van der Waals surface area (Å²) < 4.78 is 51.1. The smallest absolute Gasteiger partial charge is 0.287 e. The van der Waals surface area contributed by atoms with E-state index >= 15 is 0 Å². The standard InChI is InChI=1S/C12H10F4N2O3/c13-9(14)8-5-12(21,11(15)16)18(17-8)10(20)6-1-3-7(19)4-2-6/h1-4,9,11,19,21H,5H2/t12-/m1/s1. The van der Waals surface area contributed by atoms with Gasteiger partial charge in [0.2, 0.25) is 5.72 Å². The second-order valence-electron chi connectivity index (χ2n) is 4.41. The van der Waals surface area contributed by atoms with E-state index in [2.05, 4.69) is 5.10 Å². The number of amides is 1. The largest absolute Gasteiger partial charge is 0.508 e. The van der Waals surface area contributed by atoms with Crippen molar-refractivity contribution in [3.8, 4) is 5.75 Å². The van der Waals surface area contributed by atoms with Crippen molar-refractivity contribution in [2.24, 2.45) is 5.10 Å². The lowest BCUT2D eigenvalue weighted by atomic mass is 10.1. The van der Waals surface area contributed by atoms with Crippen LogP contribution in [0.4, 0.5) is 17.6 Å². The van der Waals surface area contributed by atoms with Crippen LogP contribution in [0.1, 0.15) is 16.8 Å². The molecule has 5 nitrogen and oxygen atoms in total. The Hall–Kier alpha value is -2.16. The van der Waals surface area contributed by atoms with E-state index in [1.165, 1.54) is 0 Å². The molecule has 0 aliphatic carbocycles. The molecule has 9 heteroatoms. The summed E-state index contributed by atoms with van der Waals surface area (Å²) in [5.41, 5.74) is -4.29. The molecule has 2 rings (SSSR count). The SMILES string of the molecule is O=C(c1ccc(O)cc1)N1N=C(C(F)F)C[C@@]1(O)C(F)F. The first-order valence-electron chi connectivity index (χ1n) is 5.75. The van der Waals surface area contributed by atoms with Crippen LogP contribution in [0, 0.1) is 0 Å². The van der Waals surface area contributed by atoms with Gasteiger partial charge in [-0.1, -0.05) is 0 Å². The molecule has 1 atom stereocenters. The Balaban J connectivity index is 2.38. The van der Waals surface area contributed by atoms with Crippen LogP contribution >= 0.6 is 0 Å². The minimum atomic E-state index is -3.47. The summed E-state index contributed by atoms with van der Waals surface area (Å²) in [4.78, 5) is 12.0. The van der Waals surface area contributed by atoms with Crippen molar-refractivity contribution in [1.29, 1.82) is 0 Å². The fourth-order valence-corrected chi connectivity index (χ4v) is 1.83. The third-order valence-electron chi connectivity index (χ3n) is 2.94. The maximum atomic E-state index is 12.9. The second-order valence-corrected chi connectivity index (χ2v) is 4.41. The number of benzene rings is 1. The lowest BCUT2D eigenvalue weighted by Crippen LogP contribution is -2.51. The quantitative estimate of drug-likeness (QED) is 0.837. The number of phenolic OH excluding ortho intramolecular Hbond substituents is 1. The van der Waals surface area contributed by atoms with Crippen molar-refractivity contribution in [1.82, 2.24) is 5.01 Å². The highest BCUT2D eigenvalue weighted by molar-refractivity contribution is 5.99. The van der Waals surface area contributed by atoms with E-state index in [-0.39, 0.29) is 16.3 Å². The van der Waals surface area contributed by atoms with Crippen molar-refractivity contribution in [2.75, 3.05) is 0 Å². The van der Waals surface area contributed by atoms with Crippen molar-refractivity contribution in [2.45, 2.75) is 25.0 Å². The van der Waals surface area contributed by atoms with E-state index in [0.717, 1.165) is 24.3 Å². The predicted molar refractivity (Wildman–Crippen MR) is 63.3 cm³/mol. The Kier molecular flexibility index (Phi) is 3.86. The highest BCUT2D eigenvalue weighted by Gasteiger charge is 2.53. The molecule has 0 saturated carbocycles. The molecule has 1 aliphatic heterocycles. The monoisotopic (exact) mass is 306 g/mol. The van der Waals surface area contributed by atoms with Crippen molar-refractivity contribution < 1.29 is 32.6 Å². The van der Waals surface area contributed by atoms with Crippen LogP contribution in [0.2, 0.25) is 0 Å². The van der Waals surface area contributed by atoms with Crippen LogP contribution in [0.15, 0.2) is 29.4 Å². The van der Waals surface area contributed by atoms with E-state index in [4.69, 9.17) is 5.11 Å². The lowest BCUT2D eigenvalue weighted by Gasteiger charge is -2.29. The second kappa shape index (κ2) is 5.32. The van der Waals surface area contributed by atoms with Gasteiger partial charge in [-0.3, -0.25) is 4.79 Å². The van der Waals surface area contributed by atoms with Gasteiger partial charge < -0.3 is 10.2 Å². The Morgan fingerprint density at radius 3 is 2.29 bits per heavy atom. The normalized spacial score (nSPS) is 22.0. The third kappa shape index (κ3) is 2.68. The molecule has 0 unspecified atom stereocenters. The van der Waals surface area contributed by atoms with E-state index < -0.39 is 36.6 Å². The number of aromatic hydroxyl groups is 1. The number of hydrogen-bond acceptors (Lipinski definition) is 4. The van der Waals surface area contributed by atoms with Gasteiger partial charge in [0.1, 0.15) is 11.5 Å². The van der Waals surface area contributed by atoms with E-state index in [1.54, 1.807) is 0 Å². The number of alkyl halides is 4. The molecule has 1 amide bonds. The first kappa shape index (κ1) is 15.2. The molecular weight excluding hydrogens is 296 g/mol. The molecule has 114 valence electrons. The number of aliphatic hydroxyl groups is 1. The first-order valence-corrected chi connectivity index (χ1v) is 5.75. The molecule has 1 aromatic carbocycles. The molecule has 0 radical (unpaired) electrons. The molecule has 0 saturated heterocycles. The maximum absolute atomic E-state index is 12.9. The zero-order chi connectivity index (χ0) is 15.8. The molecule has 1 heterocycles. The van der Waals surface area contributed by atoms with Crippen LogP contribution in [0.25, 0.3) is 0 Å². The van der Waals surface area contributed by atoms with E-state index in [9.17, 15) is 27.5 Å². The lowest BCUT2D eigenvalue weighted by molar-refractivity contribution is -0.164. The number of phenols is 1. The number of carbonyl (C=O) groups excluding carboxylic acids is 1. The minimum Gasteiger partial charge on any atom is -0.508 e. The number of hydrazone groups is 1.